The highest BCUT2D eigenvalue weighted by Crippen LogP contribution is 2.28. The summed E-state index contributed by atoms with van der Waals surface area (Å²) >= 11 is 0. The molecule has 1 aromatic carbocycles. The van der Waals surface area contributed by atoms with Crippen LogP contribution in [0.4, 0.5) is 0 Å². The Labute approximate surface area is 95.3 Å². The molecule has 0 spiro atoms. The first-order valence-electron chi connectivity index (χ1n) is 5.31. The number of hydrogen-bond acceptors (Lipinski definition) is 2. The van der Waals surface area contributed by atoms with Crippen molar-refractivity contribution in [3.8, 4) is 0 Å². The van der Waals surface area contributed by atoms with Gasteiger partial charge in [0.05, 0.1) is 11.4 Å². The van der Waals surface area contributed by atoms with Crippen molar-refractivity contribution in [2.75, 3.05) is 0 Å². The second-order valence-corrected chi connectivity index (χ2v) is 4.23. The third kappa shape index (κ3) is 1.74. The molecule has 0 amide bonds. The Kier molecular flexibility index (Phi) is 2.56. The first-order valence-corrected chi connectivity index (χ1v) is 5.31. The van der Waals surface area contributed by atoms with Gasteiger partial charge in [0.15, 0.2) is 0 Å². The second kappa shape index (κ2) is 3.76. The molecule has 1 aromatic heterocycles. The van der Waals surface area contributed by atoms with E-state index in [1.807, 2.05) is 50.4 Å². The molecule has 84 valence electrons. The van der Waals surface area contributed by atoms with Crippen molar-refractivity contribution in [1.82, 2.24) is 9.78 Å². The molecule has 0 saturated carbocycles. The van der Waals surface area contributed by atoms with E-state index in [4.69, 9.17) is 0 Å². The third-order valence-electron chi connectivity index (χ3n) is 2.84. The summed E-state index contributed by atoms with van der Waals surface area (Å²) in [6, 6.07) is 11.5. The first-order chi connectivity index (χ1) is 7.51. The number of aliphatic hydroxyl groups is 1. The van der Waals surface area contributed by atoms with Gasteiger partial charge >= 0.3 is 0 Å². The van der Waals surface area contributed by atoms with Crippen LogP contribution in [0.5, 0.6) is 0 Å². The summed E-state index contributed by atoms with van der Waals surface area (Å²) in [6.45, 7) is 3.71. The minimum absolute atomic E-state index is 0.802. The third-order valence-corrected chi connectivity index (χ3v) is 2.84. The molecule has 0 aliphatic rings. The average molecular weight is 216 g/mol. The van der Waals surface area contributed by atoms with Crippen LogP contribution < -0.4 is 0 Å². The Hall–Kier alpha value is -1.61. The van der Waals surface area contributed by atoms with Crippen molar-refractivity contribution in [2.24, 2.45) is 7.05 Å². The molecule has 0 saturated heterocycles. The van der Waals surface area contributed by atoms with Gasteiger partial charge in [-0.25, -0.2) is 0 Å². The van der Waals surface area contributed by atoms with Crippen molar-refractivity contribution in [1.29, 1.82) is 0 Å². The van der Waals surface area contributed by atoms with Gasteiger partial charge in [-0.2, -0.15) is 5.10 Å². The zero-order valence-corrected chi connectivity index (χ0v) is 9.81. The number of hydrogen-bond donors (Lipinski definition) is 1. The molecule has 2 aromatic rings. The van der Waals surface area contributed by atoms with Crippen molar-refractivity contribution in [2.45, 2.75) is 19.4 Å². The molecule has 3 heteroatoms. The van der Waals surface area contributed by atoms with Crippen LogP contribution in [0.25, 0.3) is 0 Å². The average Bonchev–Trinajstić information content (AvgIpc) is 2.60. The van der Waals surface area contributed by atoms with E-state index in [1.54, 1.807) is 11.6 Å². The maximum absolute atomic E-state index is 10.6. The summed E-state index contributed by atoms with van der Waals surface area (Å²) in [5.41, 5.74) is 1.58. The van der Waals surface area contributed by atoms with Gasteiger partial charge in [-0.3, -0.25) is 4.68 Å². The van der Waals surface area contributed by atoms with E-state index in [0.717, 1.165) is 17.0 Å². The van der Waals surface area contributed by atoms with Gasteiger partial charge < -0.3 is 5.11 Å². The van der Waals surface area contributed by atoms with Gasteiger partial charge in [-0.1, -0.05) is 30.3 Å². The Bertz CT molecular complexity index is 486. The molecular weight excluding hydrogens is 200 g/mol. The fourth-order valence-electron chi connectivity index (χ4n) is 1.98. The lowest BCUT2D eigenvalue weighted by Gasteiger charge is -2.23. The highest BCUT2D eigenvalue weighted by Gasteiger charge is 2.28. The Balaban J connectivity index is 2.51. The van der Waals surface area contributed by atoms with E-state index in [0.29, 0.717) is 0 Å². The summed E-state index contributed by atoms with van der Waals surface area (Å²) in [7, 11) is 1.85. The van der Waals surface area contributed by atoms with Crippen LogP contribution >= 0.6 is 0 Å². The number of aromatic nitrogens is 2. The molecule has 2 rings (SSSR count). The van der Waals surface area contributed by atoms with E-state index >= 15 is 0 Å². The standard InChI is InChI=1S/C13H16N2O/c1-10-9-12(15(3)14-10)13(2,16)11-7-5-4-6-8-11/h4-9,16H,1-3H3. The number of aryl methyl sites for hydroxylation is 2. The predicted octanol–water partition coefficient (Wildman–Crippen LogP) is 1.98. The van der Waals surface area contributed by atoms with Gasteiger partial charge in [-0.05, 0) is 25.5 Å². The summed E-state index contributed by atoms with van der Waals surface area (Å²) in [4.78, 5) is 0. The fourth-order valence-corrected chi connectivity index (χ4v) is 1.98. The highest BCUT2D eigenvalue weighted by atomic mass is 16.3. The van der Waals surface area contributed by atoms with Crippen LogP contribution in [0, 0.1) is 6.92 Å². The zero-order chi connectivity index (χ0) is 11.8. The topological polar surface area (TPSA) is 38.0 Å². The molecule has 0 fully saturated rings. The minimum atomic E-state index is -1.00. The van der Waals surface area contributed by atoms with Gasteiger partial charge in [0.1, 0.15) is 5.60 Å². The lowest BCUT2D eigenvalue weighted by atomic mass is 9.92. The quantitative estimate of drug-likeness (QED) is 0.833. The lowest BCUT2D eigenvalue weighted by molar-refractivity contribution is 0.0929. The summed E-state index contributed by atoms with van der Waals surface area (Å²) < 4.78 is 1.72. The van der Waals surface area contributed by atoms with Crippen LogP contribution in [0.2, 0.25) is 0 Å². The molecule has 1 N–H and O–H groups in total. The van der Waals surface area contributed by atoms with E-state index in [2.05, 4.69) is 5.10 Å². The van der Waals surface area contributed by atoms with Crippen molar-refractivity contribution in [3.63, 3.8) is 0 Å². The monoisotopic (exact) mass is 216 g/mol. The minimum Gasteiger partial charge on any atom is -0.379 e. The maximum atomic E-state index is 10.6. The molecule has 1 unspecified atom stereocenters. The molecule has 3 nitrogen and oxygen atoms in total. The van der Waals surface area contributed by atoms with Crippen LogP contribution in [0.3, 0.4) is 0 Å². The molecular formula is C13H16N2O. The Morgan fingerprint density at radius 1 is 1.25 bits per heavy atom. The predicted molar refractivity (Wildman–Crippen MR) is 63.1 cm³/mol. The molecule has 16 heavy (non-hydrogen) atoms. The summed E-state index contributed by atoms with van der Waals surface area (Å²) in [5, 5.41) is 14.8. The van der Waals surface area contributed by atoms with Crippen molar-refractivity contribution >= 4 is 0 Å². The van der Waals surface area contributed by atoms with E-state index in [9.17, 15) is 5.11 Å². The van der Waals surface area contributed by atoms with Gasteiger partial charge in [0.25, 0.3) is 0 Å². The summed E-state index contributed by atoms with van der Waals surface area (Å²) in [6.07, 6.45) is 0. The van der Waals surface area contributed by atoms with Crippen molar-refractivity contribution < 1.29 is 5.11 Å². The van der Waals surface area contributed by atoms with E-state index < -0.39 is 5.60 Å². The van der Waals surface area contributed by atoms with Crippen LogP contribution in [-0.2, 0) is 12.6 Å². The van der Waals surface area contributed by atoms with Gasteiger partial charge in [0, 0.05) is 7.05 Å². The zero-order valence-electron chi connectivity index (χ0n) is 9.81. The smallest absolute Gasteiger partial charge is 0.128 e. The van der Waals surface area contributed by atoms with Crippen LogP contribution in [-0.4, -0.2) is 14.9 Å². The molecule has 0 bridgehead atoms. The SMILES string of the molecule is Cc1cc(C(C)(O)c2ccccc2)n(C)n1. The Morgan fingerprint density at radius 2 is 1.88 bits per heavy atom. The maximum Gasteiger partial charge on any atom is 0.128 e. The van der Waals surface area contributed by atoms with Gasteiger partial charge in [-0.15, -0.1) is 0 Å². The van der Waals surface area contributed by atoms with Gasteiger partial charge in [0.2, 0.25) is 0 Å². The largest absolute Gasteiger partial charge is 0.379 e. The summed E-state index contributed by atoms with van der Waals surface area (Å²) in [5.74, 6) is 0. The number of nitrogens with zero attached hydrogens (tertiary/aromatic N) is 2. The second-order valence-electron chi connectivity index (χ2n) is 4.23. The normalized spacial score (nSPS) is 14.8. The highest BCUT2D eigenvalue weighted by molar-refractivity contribution is 5.31. The Morgan fingerprint density at radius 3 is 2.38 bits per heavy atom. The lowest BCUT2D eigenvalue weighted by Crippen LogP contribution is -2.25. The number of rotatable bonds is 2. The molecule has 0 radical (unpaired) electrons. The molecule has 1 atom stereocenters. The van der Waals surface area contributed by atoms with Crippen LogP contribution in [0.1, 0.15) is 23.9 Å². The number of benzene rings is 1. The van der Waals surface area contributed by atoms with Crippen molar-refractivity contribution in [3.05, 3.63) is 53.3 Å². The first kappa shape index (κ1) is 10.9. The fraction of sp³-hybridized carbons (Fsp3) is 0.308. The van der Waals surface area contributed by atoms with E-state index in [-0.39, 0.29) is 0 Å². The molecule has 0 aliphatic heterocycles. The van der Waals surface area contributed by atoms with Crippen LogP contribution in [0.15, 0.2) is 36.4 Å². The molecule has 1 heterocycles. The molecule has 0 aliphatic carbocycles. The van der Waals surface area contributed by atoms with E-state index in [1.165, 1.54) is 0 Å².